The van der Waals surface area contributed by atoms with Gasteiger partial charge in [0.25, 0.3) is 5.56 Å². The van der Waals surface area contributed by atoms with Gasteiger partial charge in [-0.3, -0.25) is 9.59 Å². The Morgan fingerprint density at radius 3 is 2.81 bits per heavy atom. The highest BCUT2D eigenvalue weighted by Gasteiger charge is 2.56. The molecule has 2 fully saturated rings. The van der Waals surface area contributed by atoms with Gasteiger partial charge in [-0.1, -0.05) is 30.3 Å². The van der Waals surface area contributed by atoms with Crippen LogP contribution in [0.3, 0.4) is 0 Å². The molecule has 6 heteroatoms. The van der Waals surface area contributed by atoms with Crippen LogP contribution >= 0.6 is 0 Å². The number of amides is 1. The van der Waals surface area contributed by atoms with E-state index in [4.69, 9.17) is 4.52 Å². The molecule has 0 saturated carbocycles. The highest BCUT2D eigenvalue weighted by Crippen LogP contribution is 2.51. The van der Waals surface area contributed by atoms with E-state index < -0.39 is 0 Å². The molecule has 4 rings (SSSR count). The van der Waals surface area contributed by atoms with Crippen LogP contribution in [0.25, 0.3) is 0 Å². The van der Waals surface area contributed by atoms with Crippen molar-refractivity contribution in [3.8, 4) is 0 Å². The number of H-pyrrole nitrogens is 1. The van der Waals surface area contributed by atoms with Crippen LogP contribution in [-0.2, 0) is 17.6 Å². The molecule has 2 aliphatic heterocycles. The minimum atomic E-state index is -0.282. The van der Waals surface area contributed by atoms with Crippen molar-refractivity contribution in [2.45, 2.75) is 50.6 Å². The fraction of sp³-hybridized carbons (Fsp3) is 0.500. The van der Waals surface area contributed by atoms with Crippen LogP contribution in [0.15, 0.2) is 45.7 Å². The van der Waals surface area contributed by atoms with Crippen molar-refractivity contribution in [3.63, 3.8) is 0 Å². The number of aliphatic hydroxyl groups is 1. The first-order valence-corrected chi connectivity index (χ1v) is 9.25. The van der Waals surface area contributed by atoms with Gasteiger partial charge >= 0.3 is 0 Å². The highest BCUT2D eigenvalue weighted by atomic mass is 16.5. The van der Waals surface area contributed by atoms with E-state index >= 15 is 0 Å². The van der Waals surface area contributed by atoms with Crippen LogP contribution < -0.4 is 5.56 Å². The third kappa shape index (κ3) is 2.98. The molecular weight excluding hydrogens is 332 g/mol. The number of nitrogens with zero attached hydrogens (tertiary/aromatic N) is 1. The summed E-state index contributed by atoms with van der Waals surface area (Å²) in [6.07, 6.45) is 4.34. The summed E-state index contributed by atoms with van der Waals surface area (Å²) in [5.74, 6) is 0.595. The number of aryl methyl sites for hydroxylation is 1. The second-order valence-corrected chi connectivity index (χ2v) is 7.61. The van der Waals surface area contributed by atoms with Crippen LogP contribution in [0, 0.1) is 5.41 Å². The largest absolute Gasteiger partial charge is 0.396 e. The Bertz CT molecular complexity index is 828. The lowest BCUT2D eigenvalue weighted by atomic mass is 9.70. The highest BCUT2D eigenvalue weighted by molar-refractivity contribution is 5.78. The van der Waals surface area contributed by atoms with E-state index in [1.54, 1.807) is 0 Å². The molecule has 0 aliphatic carbocycles. The predicted molar refractivity (Wildman–Crippen MR) is 95.6 cm³/mol. The van der Waals surface area contributed by atoms with E-state index in [0.717, 1.165) is 25.7 Å². The number of fused-ring (bicyclic) bond motifs is 2. The van der Waals surface area contributed by atoms with Crippen molar-refractivity contribution in [1.82, 2.24) is 10.1 Å². The topological polar surface area (TPSA) is 86.5 Å². The molecule has 26 heavy (non-hydrogen) atoms. The van der Waals surface area contributed by atoms with E-state index in [0.29, 0.717) is 18.6 Å². The fourth-order valence-electron chi connectivity index (χ4n) is 4.89. The number of hydrogen-bond donors (Lipinski definition) is 2. The molecule has 3 heterocycles. The molecule has 3 atom stereocenters. The first kappa shape index (κ1) is 17.1. The standard InChI is InChI=1S/C20H24N2O4/c23-13-20(11-14-4-2-1-3-5-14)12-15-6-8-17(20)22(15)19(25)9-7-16-10-18(24)21-26-16/h1-5,10,15,17,23H,6-9,11-13H2,(H,21,24)/t15-,17+,20-/m1/s1. The quantitative estimate of drug-likeness (QED) is 0.827. The number of nitrogens with one attached hydrogen (secondary N) is 1. The lowest BCUT2D eigenvalue weighted by Gasteiger charge is -2.36. The summed E-state index contributed by atoms with van der Waals surface area (Å²) in [5, 5.41) is 12.5. The van der Waals surface area contributed by atoms with E-state index in [-0.39, 0.29) is 35.6 Å². The Hall–Kier alpha value is -2.34. The van der Waals surface area contributed by atoms with Gasteiger partial charge in [0, 0.05) is 36.4 Å². The summed E-state index contributed by atoms with van der Waals surface area (Å²) < 4.78 is 5.04. The average Bonchev–Trinajstić information content (AvgIpc) is 3.34. The Labute approximate surface area is 151 Å². The maximum Gasteiger partial charge on any atom is 0.280 e. The van der Waals surface area contributed by atoms with Gasteiger partial charge in [-0.05, 0) is 31.2 Å². The summed E-state index contributed by atoms with van der Waals surface area (Å²) in [4.78, 5) is 26.0. The summed E-state index contributed by atoms with van der Waals surface area (Å²) in [6.45, 7) is 0.0968. The third-order valence-corrected chi connectivity index (χ3v) is 6.01. The Kier molecular flexibility index (Phi) is 4.44. The Morgan fingerprint density at radius 1 is 1.31 bits per heavy atom. The van der Waals surface area contributed by atoms with Crippen molar-refractivity contribution in [1.29, 1.82) is 0 Å². The summed E-state index contributed by atoms with van der Waals surface area (Å²) in [7, 11) is 0. The van der Waals surface area contributed by atoms with Crippen molar-refractivity contribution in [2.24, 2.45) is 5.41 Å². The van der Waals surface area contributed by atoms with Crippen LogP contribution in [0.4, 0.5) is 0 Å². The van der Waals surface area contributed by atoms with Gasteiger partial charge in [0.1, 0.15) is 5.76 Å². The molecule has 1 aromatic carbocycles. The van der Waals surface area contributed by atoms with Gasteiger partial charge in [0.15, 0.2) is 0 Å². The SMILES string of the molecule is O=C(CCc1cc(=O)[nH]o1)N1[C@@H]2CC[C@H]1[C@](CO)(Cc1ccccc1)C2. The van der Waals surface area contributed by atoms with Gasteiger partial charge in [-0.25, -0.2) is 0 Å². The molecule has 2 aliphatic rings. The second-order valence-electron chi connectivity index (χ2n) is 7.61. The number of rotatable bonds is 6. The maximum atomic E-state index is 12.9. The minimum absolute atomic E-state index is 0.0865. The first-order valence-electron chi connectivity index (χ1n) is 9.25. The number of carbonyl (C=O) groups is 1. The van der Waals surface area contributed by atoms with E-state index in [1.165, 1.54) is 11.6 Å². The van der Waals surface area contributed by atoms with E-state index in [1.807, 2.05) is 23.1 Å². The molecule has 0 radical (unpaired) electrons. The second kappa shape index (κ2) is 6.76. The van der Waals surface area contributed by atoms with Crippen molar-refractivity contribution >= 4 is 5.91 Å². The first-order chi connectivity index (χ1) is 12.6. The summed E-state index contributed by atoms with van der Waals surface area (Å²) in [6, 6.07) is 11.9. The zero-order chi connectivity index (χ0) is 18.1. The molecule has 2 saturated heterocycles. The Morgan fingerprint density at radius 2 is 2.12 bits per heavy atom. The molecule has 2 bridgehead atoms. The van der Waals surface area contributed by atoms with Gasteiger partial charge in [0.2, 0.25) is 5.91 Å². The molecule has 138 valence electrons. The summed E-state index contributed by atoms with van der Waals surface area (Å²) >= 11 is 0. The zero-order valence-corrected chi connectivity index (χ0v) is 14.7. The number of aromatic nitrogens is 1. The van der Waals surface area contributed by atoms with Crippen LogP contribution in [-0.4, -0.2) is 39.8 Å². The minimum Gasteiger partial charge on any atom is -0.396 e. The number of aliphatic hydroxyl groups excluding tert-OH is 1. The molecule has 2 N–H and O–H groups in total. The third-order valence-electron chi connectivity index (χ3n) is 6.01. The molecule has 0 unspecified atom stereocenters. The number of hydrogen-bond acceptors (Lipinski definition) is 4. The average molecular weight is 356 g/mol. The predicted octanol–water partition coefficient (Wildman–Crippen LogP) is 1.89. The van der Waals surface area contributed by atoms with Crippen molar-refractivity contribution in [3.05, 3.63) is 58.1 Å². The molecular formula is C20H24N2O4. The van der Waals surface area contributed by atoms with E-state index in [9.17, 15) is 14.7 Å². The van der Waals surface area contributed by atoms with Gasteiger partial charge in [-0.15, -0.1) is 0 Å². The zero-order valence-electron chi connectivity index (χ0n) is 14.7. The number of benzene rings is 1. The van der Waals surface area contributed by atoms with E-state index in [2.05, 4.69) is 17.3 Å². The smallest absolute Gasteiger partial charge is 0.280 e. The maximum absolute atomic E-state index is 12.9. The fourth-order valence-corrected chi connectivity index (χ4v) is 4.89. The monoisotopic (exact) mass is 356 g/mol. The Balaban J connectivity index is 1.48. The van der Waals surface area contributed by atoms with Crippen molar-refractivity contribution in [2.75, 3.05) is 6.61 Å². The lowest BCUT2D eigenvalue weighted by molar-refractivity contribution is -0.133. The van der Waals surface area contributed by atoms with Gasteiger partial charge < -0.3 is 14.5 Å². The molecule has 1 aromatic heterocycles. The van der Waals surface area contributed by atoms with Crippen molar-refractivity contribution < 1.29 is 14.4 Å². The van der Waals surface area contributed by atoms with Crippen LogP contribution in [0.5, 0.6) is 0 Å². The molecule has 0 spiro atoms. The number of carbonyl (C=O) groups excluding carboxylic acids is 1. The lowest BCUT2D eigenvalue weighted by Crippen LogP contribution is -2.44. The van der Waals surface area contributed by atoms with Crippen LogP contribution in [0.1, 0.15) is 37.0 Å². The molecule has 2 aromatic rings. The van der Waals surface area contributed by atoms with Gasteiger partial charge in [-0.2, -0.15) is 5.16 Å². The normalized spacial score (nSPS) is 27.2. The van der Waals surface area contributed by atoms with Gasteiger partial charge in [0.05, 0.1) is 6.61 Å². The molecule has 1 amide bonds. The molecule has 6 nitrogen and oxygen atoms in total. The summed E-state index contributed by atoms with van der Waals surface area (Å²) in [5.41, 5.74) is 0.673. The van der Waals surface area contributed by atoms with Crippen LogP contribution in [0.2, 0.25) is 0 Å². The number of aromatic amines is 1.